The van der Waals surface area contributed by atoms with E-state index in [1.165, 1.54) is 18.2 Å². The Balaban J connectivity index is 2.00. The fourth-order valence-electron chi connectivity index (χ4n) is 1.58. The molecule has 21 heavy (non-hydrogen) atoms. The molecule has 0 fully saturated rings. The third-order valence-corrected chi connectivity index (χ3v) is 3.73. The number of carbonyl (C=O) groups excluding carboxylic acids is 2. The van der Waals surface area contributed by atoms with Crippen molar-refractivity contribution in [1.82, 2.24) is 0 Å². The second kappa shape index (κ2) is 7.07. The molecular weight excluding hydrogens is 379 g/mol. The molecule has 0 N–H and O–H groups in total. The summed E-state index contributed by atoms with van der Waals surface area (Å²) < 4.78 is 5.83. The van der Waals surface area contributed by atoms with Crippen LogP contribution in [0.1, 0.15) is 20.7 Å². The van der Waals surface area contributed by atoms with Crippen molar-refractivity contribution in [2.24, 2.45) is 0 Å². The maximum atomic E-state index is 11.9. The van der Waals surface area contributed by atoms with Crippen LogP contribution in [0, 0.1) is 0 Å². The van der Waals surface area contributed by atoms with Gasteiger partial charge in [0.2, 0.25) is 0 Å². The van der Waals surface area contributed by atoms with E-state index in [2.05, 4.69) is 15.9 Å². The lowest BCUT2D eigenvalue weighted by atomic mass is 10.1. The molecule has 2 aromatic rings. The van der Waals surface area contributed by atoms with Crippen LogP contribution in [-0.4, -0.2) is 18.4 Å². The highest BCUT2D eigenvalue weighted by Gasteiger charge is 2.14. The summed E-state index contributed by atoms with van der Waals surface area (Å²) in [5.41, 5.74) is 0.637. The molecule has 0 unspecified atom stereocenters. The van der Waals surface area contributed by atoms with Crippen molar-refractivity contribution in [3.05, 3.63) is 68.1 Å². The van der Waals surface area contributed by atoms with Gasteiger partial charge in [-0.05, 0) is 30.3 Å². The molecular formula is C15H9BrCl2O3. The molecule has 2 rings (SSSR count). The zero-order valence-electron chi connectivity index (χ0n) is 10.6. The van der Waals surface area contributed by atoms with Gasteiger partial charge < -0.3 is 4.74 Å². The van der Waals surface area contributed by atoms with E-state index in [-0.39, 0.29) is 23.0 Å². The number of halogens is 3. The van der Waals surface area contributed by atoms with Crippen LogP contribution in [0.15, 0.2) is 46.9 Å². The first-order valence-corrected chi connectivity index (χ1v) is 7.43. The number of esters is 1. The third-order valence-electron chi connectivity index (χ3n) is 2.65. The molecule has 0 saturated heterocycles. The van der Waals surface area contributed by atoms with Gasteiger partial charge in [0.05, 0.1) is 10.6 Å². The standard InChI is InChI=1S/C15H9BrCl2O3/c16-10-3-1-9(2-4-10)14(19)8-21-15(20)12-6-5-11(17)7-13(12)18/h1-7H,8H2. The summed E-state index contributed by atoms with van der Waals surface area (Å²) in [6.45, 7) is -0.348. The van der Waals surface area contributed by atoms with Gasteiger partial charge in [-0.1, -0.05) is 51.3 Å². The van der Waals surface area contributed by atoms with Gasteiger partial charge in [0.25, 0.3) is 0 Å². The third kappa shape index (κ3) is 4.30. The van der Waals surface area contributed by atoms with Gasteiger partial charge in [0.1, 0.15) is 0 Å². The van der Waals surface area contributed by atoms with E-state index in [9.17, 15) is 9.59 Å². The van der Waals surface area contributed by atoms with E-state index in [0.717, 1.165) is 4.47 Å². The number of carbonyl (C=O) groups is 2. The van der Waals surface area contributed by atoms with E-state index >= 15 is 0 Å². The van der Waals surface area contributed by atoms with E-state index in [4.69, 9.17) is 27.9 Å². The number of rotatable bonds is 4. The molecule has 0 bridgehead atoms. The average molecular weight is 388 g/mol. The van der Waals surface area contributed by atoms with Crippen LogP contribution < -0.4 is 0 Å². The first-order valence-electron chi connectivity index (χ1n) is 5.88. The fraction of sp³-hybridized carbons (Fsp3) is 0.0667. The number of Topliss-reactive ketones (excluding diaryl/α,β-unsaturated/α-hetero) is 1. The zero-order chi connectivity index (χ0) is 15.4. The molecule has 3 nitrogen and oxygen atoms in total. The lowest BCUT2D eigenvalue weighted by Gasteiger charge is -2.06. The Morgan fingerprint density at radius 2 is 1.71 bits per heavy atom. The predicted octanol–water partition coefficient (Wildman–Crippen LogP) is 4.80. The van der Waals surface area contributed by atoms with Crippen LogP contribution in [0.2, 0.25) is 10.0 Å². The molecule has 0 heterocycles. The second-order valence-corrected chi connectivity index (χ2v) is 5.89. The van der Waals surface area contributed by atoms with Crippen LogP contribution in [0.3, 0.4) is 0 Å². The Morgan fingerprint density at radius 1 is 1.05 bits per heavy atom. The molecule has 0 radical (unpaired) electrons. The average Bonchev–Trinajstić information content (AvgIpc) is 2.45. The van der Waals surface area contributed by atoms with Gasteiger partial charge in [0.15, 0.2) is 12.4 Å². The summed E-state index contributed by atoms with van der Waals surface area (Å²) in [4.78, 5) is 23.7. The lowest BCUT2D eigenvalue weighted by molar-refractivity contribution is 0.0475. The minimum atomic E-state index is -0.665. The topological polar surface area (TPSA) is 43.4 Å². The Kier molecular flexibility index (Phi) is 5.39. The molecule has 0 atom stereocenters. The Hall–Kier alpha value is -1.36. The molecule has 6 heteroatoms. The predicted molar refractivity (Wildman–Crippen MR) is 85.2 cm³/mol. The number of benzene rings is 2. The summed E-state index contributed by atoms with van der Waals surface area (Å²) in [5.74, 6) is -0.955. The van der Waals surface area contributed by atoms with Crippen molar-refractivity contribution in [3.8, 4) is 0 Å². The van der Waals surface area contributed by atoms with Crippen molar-refractivity contribution in [2.45, 2.75) is 0 Å². The van der Waals surface area contributed by atoms with Crippen molar-refractivity contribution >= 4 is 50.9 Å². The van der Waals surface area contributed by atoms with E-state index in [0.29, 0.717) is 10.6 Å². The Bertz CT molecular complexity index is 684. The van der Waals surface area contributed by atoms with Gasteiger partial charge in [-0.2, -0.15) is 0 Å². The minimum Gasteiger partial charge on any atom is -0.454 e. The maximum Gasteiger partial charge on any atom is 0.340 e. The van der Waals surface area contributed by atoms with Gasteiger partial charge in [-0.25, -0.2) is 4.79 Å². The van der Waals surface area contributed by atoms with Gasteiger partial charge >= 0.3 is 5.97 Å². The highest BCUT2D eigenvalue weighted by atomic mass is 79.9. The zero-order valence-corrected chi connectivity index (χ0v) is 13.7. The molecule has 0 aromatic heterocycles. The molecule has 0 aliphatic heterocycles. The Labute approximate surface area is 139 Å². The largest absolute Gasteiger partial charge is 0.454 e. The van der Waals surface area contributed by atoms with Crippen molar-refractivity contribution in [2.75, 3.05) is 6.61 Å². The van der Waals surface area contributed by atoms with E-state index in [1.54, 1.807) is 24.3 Å². The number of hydrogen-bond donors (Lipinski definition) is 0. The summed E-state index contributed by atoms with van der Waals surface area (Å²) in [5, 5.41) is 0.603. The lowest BCUT2D eigenvalue weighted by Crippen LogP contribution is -2.14. The summed E-state index contributed by atoms with van der Waals surface area (Å²) in [6, 6.07) is 11.2. The van der Waals surface area contributed by atoms with Crippen LogP contribution in [-0.2, 0) is 4.74 Å². The summed E-state index contributed by atoms with van der Waals surface area (Å²) in [6.07, 6.45) is 0. The van der Waals surface area contributed by atoms with Gasteiger partial charge in [0, 0.05) is 15.1 Å². The molecule has 0 aliphatic carbocycles. The molecule has 0 spiro atoms. The second-order valence-electron chi connectivity index (χ2n) is 4.13. The highest BCUT2D eigenvalue weighted by Crippen LogP contribution is 2.21. The fourth-order valence-corrected chi connectivity index (χ4v) is 2.33. The van der Waals surface area contributed by atoms with Crippen molar-refractivity contribution < 1.29 is 14.3 Å². The van der Waals surface area contributed by atoms with Gasteiger partial charge in [-0.15, -0.1) is 0 Å². The molecule has 0 aliphatic rings. The molecule has 0 amide bonds. The quantitative estimate of drug-likeness (QED) is 0.559. The van der Waals surface area contributed by atoms with Crippen molar-refractivity contribution in [1.29, 1.82) is 0 Å². The SMILES string of the molecule is O=C(COC(=O)c1ccc(Cl)cc1Cl)c1ccc(Br)cc1. The van der Waals surface area contributed by atoms with E-state index in [1.807, 2.05) is 0 Å². The van der Waals surface area contributed by atoms with Crippen molar-refractivity contribution in [3.63, 3.8) is 0 Å². The Morgan fingerprint density at radius 3 is 2.33 bits per heavy atom. The van der Waals surface area contributed by atoms with Crippen LogP contribution in [0.25, 0.3) is 0 Å². The normalized spacial score (nSPS) is 10.2. The minimum absolute atomic E-state index is 0.171. The smallest absolute Gasteiger partial charge is 0.340 e. The summed E-state index contributed by atoms with van der Waals surface area (Å²) >= 11 is 14.9. The molecule has 2 aromatic carbocycles. The monoisotopic (exact) mass is 386 g/mol. The number of ketones is 1. The van der Waals surface area contributed by atoms with Crippen LogP contribution in [0.4, 0.5) is 0 Å². The first-order chi connectivity index (χ1) is 9.97. The maximum absolute atomic E-state index is 11.9. The summed E-state index contributed by atoms with van der Waals surface area (Å²) in [7, 11) is 0. The van der Waals surface area contributed by atoms with Crippen LogP contribution >= 0.6 is 39.1 Å². The first kappa shape index (κ1) is 16.0. The molecule has 108 valence electrons. The van der Waals surface area contributed by atoms with Gasteiger partial charge in [-0.3, -0.25) is 4.79 Å². The van der Waals surface area contributed by atoms with Crippen LogP contribution in [0.5, 0.6) is 0 Å². The molecule has 0 saturated carbocycles. The van der Waals surface area contributed by atoms with E-state index < -0.39 is 5.97 Å². The highest BCUT2D eigenvalue weighted by molar-refractivity contribution is 9.10. The number of ether oxygens (including phenoxy) is 1. The number of hydrogen-bond acceptors (Lipinski definition) is 3.